The molecule has 0 aromatic rings. The van der Waals surface area contributed by atoms with Crippen LogP contribution in [0, 0.1) is 0 Å². The van der Waals surface area contributed by atoms with Crippen LogP contribution in [0.4, 0.5) is 12.9 Å². The van der Waals surface area contributed by atoms with Gasteiger partial charge >= 0.3 is 58.4 Å². The van der Waals surface area contributed by atoms with Gasteiger partial charge in [0.15, 0.2) is 0 Å². The molecule has 0 saturated carbocycles. The molecule has 0 radical (unpaired) electrons. The van der Waals surface area contributed by atoms with E-state index in [1.807, 2.05) is 0 Å². The molecule has 0 aromatic heterocycles. The summed E-state index contributed by atoms with van der Waals surface area (Å²) in [5.74, 6) is 0. The molecule has 1 aliphatic carbocycles. The van der Waals surface area contributed by atoms with Crippen molar-refractivity contribution >= 4 is 6.98 Å². The summed E-state index contributed by atoms with van der Waals surface area (Å²) in [7, 11) is 0. The van der Waals surface area contributed by atoms with Crippen LogP contribution in [0.3, 0.4) is 0 Å². The minimum atomic E-state index is -4.82. The van der Waals surface area contributed by atoms with Crippen LogP contribution in [0.1, 0.15) is 26.2 Å². The van der Waals surface area contributed by atoms with Crippen molar-refractivity contribution in [2.24, 2.45) is 0 Å². The summed E-state index contributed by atoms with van der Waals surface area (Å²) in [5.41, 5.74) is -1.38. The molecule has 0 heterocycles. The van der Waals surface area contributed by atoms with Gasteiger partial charge in [0.05, 0.1) is 5.60 Å². The van der Waals surface area contributed by atoms with Crippen molar-refractivity contribution in [1.82, 2.24) is 0 Å². The zero-order chi connectivity index (χ0) is 9.41. The third-order valence-corrected chi connectivity index (χ3v) is 2.18. The average molecular weight is 218 g/mol. The molecule has 70 valence electrons. The van der Waals surface area contributed by atoms with Gasteiger partial charge in [-0.1, -0.05) is 6.42 Å². The van der Waals surface area contributed by atoms with E-state index in [0.717, 1.165) is 6.08 Å². The fourth-order valence-corrected chi connectivity index (χ4v) is 1.27. The van der Waals surface area contributed by atoms with E-state index in [9.17, 15) is 18.1 Å². The zero-order valence-corrected chi connectivity index (χ0v) is 11.0. The summed E-state index contributed by atoms with van der Waals surface area (Å²) in [6, 6.07) is 0. The Balaban J connectivity index is 0.00000144. The Hall–Kier alpha value is 1.19. The number of rotatable bonds is 1. The topological polar surface area (TPSA) is 20.2 Å². The molecule has 0 saturated heterocycles. The van der Waals surface area contributed by atoms with Crippen molar-refractivity contribution in [2.75, 3.05) is 0 Å². The molecular weight excluding hydrogens is 207 g/mol. The average Bonchev–Trinajstić information content (AvgIpc) is 1.83. The third-order valence-electron chi connectivity index (χ3n) is 2.18. The minimum absolute atomic E-state index is 0. The summed E-state index contributed by atoms with van der Waals surface area (Å²) in [4.78, 5) is 0. The molecule has 6 heteroatoms. The molecule has 0 aliphatic heterocycles. The second-order valence-electron chi connectivity index (χ2n) is 3.55. The van der Waals surface area contributed by atoms with Crippen LogP contribution in [0.5, 0.6) is 0 Å². The first kappa shape index (κ1) is 14.2. The molecule has 0 bridgehead atoms. The fraction of sp³-hybridized carbons (Fsp3) is 0.714. The number of allylic oxidation sites excluding steroid dienone is 1. The van der Waals surface area contributed by atoms with E-state index in [0.29, 0.717) is 0 Å². The second-order valence-corrected chi connectivity index (χ2v) is 3.55. The SMILES string of the molecule is CC1(O)CC=C([B-](F)(F)F)CC1.[K+]. The monoisotopic (exact) mass is 218 g/mol. The van der Waals surface area contributed by atoms with Gasteiger partial charge in [0, 0.05) is 0 Å². The molecular formula is C7H11BF3KO. The van der Waals surface area contributed by atoms with Crippen LogP contribution in [-0.4, -0.2) is 17.7 Å². The Morgan fingerprint density at radius 2 is 2.00 bits per heavy atom. The van der Waals surface area contributed by atoms with E-state index >= 15 is 0 Å². The maximum Gasteiger partial charge on any atom is 1.00 e. The summed E-state index contributed by atoms with van der Waals surface area (Å²) in [6.07, 6.45) is 1.39. The van der Waals surface area contributed by atoms with Crippen LogP contribution in [0.2, 0.25) is 0 Å². The number of aliphatic hydroxyl groups is 1. The number of hydrogen-bond acceptors (Lipinski definition) is 1. The summed E-state index contributed by atoms with van der Waals surface area (Å²) < 4.78 is 36.3. The predicted octanol–water partition coefficient (Wildman–Crippen LogP) is -0.762. The van der Waals surface area contributed by atoms with Gasteiger partial charge in [0.25, 0.3) is 0 Å². The molecule has 1 unspecified atom stereocenters. The Labute approximate surface area is 118 Å². The number of halogens is 3. The Bertz CT molecular complexity index is 212. The van der Waals surface area contributed by atoms with E-state index < -0.39 is 18.1 Å². The van der Waals surface area contributed by atoms with Gasteiger partial charge in [0.1, 0.15) is 0 Å². The van der Waals surface area contributed by atoms with Gasteiger partial charge in [-0.2, -0.15) is 0 Å². The first-order chi connectivity index (χ1) is 5.31. The third kappa shape index (κ3) is 4.49. The smallest absolute Gasteiger partial charge is 0.445 e. The van der Waals surface area contributed by atoms with Gasteiger partial charge < -0.3 is 18.1 Å². The van der Waals surface area contributed by atoms with Crippen LogP contribution >= 0.6 is 0 Å². The van der Waals surface area contributed by atoms with Crippen molar-refractivity contribution in [3.05, 3.63) is 11.5 Å². The van der Waals surface area contributed by atoms with Gasteiger partial charge in [-0.05, 0) is 19.8 Å². The quantitative estimate of drug-likeness (QED) is 0.573. The Kier molecular flexibility index (Phi) is 5.25. The maximum atomic E-state index is 12.1. The molecule has 0 fully saturated rings. The van der Waals surface area contributed by atoms with Crippen molar-refractivity contribution in [1.29, 1.82) is 0 Å². The van der Waals surface area contributed by atoms with Crippen LogP contribution < -0.4 is 51.4 Å². The van der Waals surface area contributed by atoms with Crippen molar-refractivity contribution in [3.8, 4) is 0 Å². The normalized spacial score (nSPS) is 29.2. The van der Waals surface area contributed by atoms with Gasteiger partial charge in [-0.3, -0.25) is 0 Å². The molecule has 1 rings (SSSR count). The summed E-state index contributed by atoms with van der Waals surface area (Å²) >= 11 is 0. The molecule has 1 atom stereocenters. The summed E-state index contributed by atoms with van der Waals surface area (Å²) in [5, 5.41) is 9.35. The number of hydrogen-bond donors (Lipinski definition) is 1. The zero-order valence-electron chi connectivity index (χ0n) is 7.86. The Morgan fingerprint density at radius 3 is 2.31 bits per heavy atom. The molecule has 0 spiro atoms. The molecule has 0 aromatic carbocycles. The van der Waals surface area contributed by atoms with Crippen LogP contribution in [0.15, 0.2) is 11.5 Å². The van der Waals surface area contributed by atoms with E-state index in [-0.39, 0.29) is 70.6 Å². The van der Waals surface area contributed by atoms with Gasteiger partial charge in [0.2, 0.25) is 0 Å². The van der Waals surface area contributed by atoms with Crippen molar-refractivity contribution in [2.45, 2.75) is 31.8 Å². The molecule has 1 N–H and O–H groups in total. The fourth-order valence-electron chi connectivity index (χ4n) is 1.27. The van der Waals surface area contributed by atoms with Crippen LogP contribution in [0.25, 0.3) is 0 Å². The van der Waals surface area contributed by atoms with E-state index in [4.69, 9.17) is 0 Å². The Morgan fingerprint density at radius 1 is 1.46 bits per heavy atom. The van der Waals surface area contributed by atoms with Gasteiger partial charge in [-0.25, -0.2) is 0 Å². The van der Waals surface area contributed by atoms with Gasteiger partial charge in [-0.15, -0.1) is 11.5 Å². The molecule has 13 heavy (non-hydrogen) atoms. The van der Waals surface area contributed by atoms with E-state index in [1.165, 1.54) is 0 Å². The molecule has 0 amide bonds. The van der Waals surface area contributed by atoms with Crippen molar-refractivity contribution < 1.29 is 69.4 Å². The second kappa shape index (κ2) is 4.81. The van der Waals surface area contributed by atoms with Crippen molar-refractivity contribution in [3.63, 3.8) is 0 Å². The van der Waals surface area contributed by atoms with Crippen LogP contribution in [-0.2, 0) is 0 Å². The molecule has 1 nitrogen and oxygen atoms in total. The minimum Gasteiger partial charge on any atom is -0.445 e. The van der Waals surface area contributed by atoms with E-state index in [1.54, 1.807) is 6.92 Å². The largest absolute Gasteiger partial charge is 1.00 e. The molecule has 1 aliphatic rings. The van der Waals surface area contributed by atoms with E-state index in [2.05, 4.69) is 0 Å². The first-order valence-electron chi connectivity index (χ1n) is 3.92. The standard InChI is InChI=1S/C7H11BF3O.K/c1-7(12)4-2-6(3-5-7)8(9,10)11;/h2,12H,3-5H2,1H3;/q-1;+1. The maximum absolute atomic E-state index is 12.1. The predicted molar refractivity (Wildman–Crippen MR) is 41.6 cm³/mol. The summed E-state index contributed by atoms with van der Waals surface area (Å²) in [6.45, 7) is -3.26. The first-order valence-corrected chi connectivity index (χ1v) is 3.92.